The summed E-state index contributed by atoms with van der Waals surface area (Å²) in [6, 6.07) is 0. The molecule has 2 aliphatic carbocycles. The number of ketones is 1. The first-order chi connectivity index (χ1) is 7.18. The first-order valence-electron chi connectivity index (χ1n) is 6.71. The highest BCUT2D eigenvalue weighted by molar-refractivity contribution is 5.81. The van der Waals surface area contributed by atoms with E-state index in [1.807, 2.05) is 0 Å². The van der Waals surface area contributed by atoms with Crippen LogP contribution in [0.4, 0.5) is 0 Å². The highest BCUT2D eigenvalue weighted by Gasteiger charge is 2.34. The van der Waals surface area contributed by atoms with Gasteiger partial charge in [-0.1, -0.05) is 26.7 Å². The number of carbonyl (C=O) groups is 1. The third-order valence-electron chi connectivity index (χ3n) is 4.81. The van der Waals surface area contributed by atoms with Crippen molar-refractivity contribution in [2.75, 3.05) is 0 Å². The van der Waals surface area contributed by atoms with Crippen molar-refractivity contribution in [2.45, 2.75) is 58.8 Å². The molecule has 0 bridgehead atoms. The maximum atomic E-state index is 11.9. The Kier molecular flexibility index (Phi) is 3.48. The van der Waals surface area contributed by atoms with Gasteiger partial charge in [-0.15, -0.1) is 0 Å². The molecule has 4 atom stereocenters. The van der Waals surface area contributed by atoms with E-state index in [1.165, 1.54) is 32.1 Å². The highest BCUT2D eigenvalue weighted by Crippen LogP contribution is 2.40. The molecule has 0 N–H and O–H groups in total. The molecule has 0 amide bonds. The molecule has 0 heterocycles. The van der Waals surface area contributed by atoms with Crippen LogP contribution in [-0.2, 0) is 4.79 Å². The SMILES string of the molecule is CC1CCC(C2CCCCC2=O)CC1C. The van der Waals surface area contributed by atoms with E-state index < -0.39 is 0 Å². The van der Waals surface area contributed by atoms with Gasteiger partial charge in [-0.2, -0.15) is 0 Å². The Morgan fingerprint density at radius 3 is 2.47 bits per heavy atom. The number of hydrogen-bond donors (Lipinski definition) is 0. The average molecular weight is 208 g/mol. The van der Waals surface area contributed by atoms with E-state index in [0.717, 1.165) is 30.6 Å². The van der Waals surface area contributed by atoms with E-state index in [9.17, 15) is 4.79 Å². The van der Waals surface area contributed by atoms with Crippen LogP contribution in [0.15, 0.2) is 0 Å². The molecule has 86 valence electrons. The largest absolute Gasteiger partial charge is 0.299 e. The van der Waals surface area contributed by atoms with Crippen molar-refractivity contribution in [1.82, 2.24) is 0 Å². The van der Waals surface area contributed by atoms with Gasteiger partial charge in [0.05, 0.1) is 0 Å². The van der Waals surface area contributed by atoms with Gasteiger partial charge in [-0.3, -0.25) is 4.79 Å². The topological polar surface area (TPSA) is 17.1 Å². The molecular formula is C14H24O. The van der Waals surface area contributed by atoms with Crippen LogP contribution in [0.3, 0.4) is 0 Å². The van der Waals surface area contributed by atoms with Gasteiger partial charge >= 0.3 is 0 Å². The molecule has 0 saturated heterocycles. The Labute approximate surface area is 93.6 Å². The summed E-state index contributed by atoms with van der Waals surface area (Å²) in [6.45, 7) is 4.73. The van der Waals surface area contributed by atoms with E-state index in [2.05, 4.69) is 13.8 Å². The zero-order valence-electron chi connectivity index (χ0n) is 10.2. The Bertz CT molecular complexity index is 233. The second-order valence-corrected chi connectivity index (χ2v) is 5.85. The van der Waals surface area contributed by atoms with E-state index in [-0.39, 0.29) is 0 Å². The van der Waals surface area contributed by atoms with E-state index >= 15 is 0 Å². The fraction of sp³-hybridized carbons (Fsp3) is 0.929. The molecule has 4 unspecified atom stereocenters. The fourth-order valence-electron chi connectivity index (χ4n) is 3.46. The minimum atomic E-state index is 0.439. The Balaban J connectivity index is 1.95. The zero-order chi connectivity index (χ0) is 10.8. The van der Waals surface area contributed by atoms with Crippen molar-refractivity contribution < 1.29 is 4.79 Å². The van der Waals surface area contributed by atoms with Crippen molar-refractivity contribution in [3.05, 3.63) is 0 Å². The monoisotopic (exact) mass is 208 g/mol. The second kappa shape index (κ2) is 4.67. The van der Waals surface area contributed by atoms with Crippen LogP contribution in [0.1, 0.15) is 58.8 Å². The predicted octanol–water partition coefficient (Wildman–Crippen LogP) is 3.82. The van der Waals surface area contributed by atoms with Crippen LogP contribution in [0.5, 0.6) is 0 Å². The van der Waals surface area contributed by atoms with Gasteiger partial charge in [0.2, 0.25) is 0 Å². The summed E-state index contributed by atoms with van der Waals surface area (Å²) < 4.78 is 0. The minimum Gasteiger partial charge on any atom is -0.299 e. The van der Waals surface area contributed by atoms with Crippen LogP contribution in [0, 0.1) is 23.7 Å². The maximum Gasteiger partial charge on any atom is 0.136 e. The van der Waals surface area contributed by atoms with Gasteiger partial charge in [-0.25, -0.2) is 0 Å². The number of hydrogen-bond acceptors (Lipinski definition) is 1. The van der Waals surface area contributed by atoms with Crippen molar-refractivity contribution in [3.63, 3.8) is 0 Å². The molecule has 1 nitrogen and oxygen atoms in total. The quantitative estimate of drug-likeness (QED) is 0.640. The van der Waals surface area contributed by atoms with Crippen LogP contribution < -0.4 is 0 Å². The third-order valence-corrected chi connectivity index (χ3v) is 4.81. The van der Waals surface area contributed by atoms with Crippen molar-refractivity contribution in [3.8, 4) is 0 Å². The van der Waals surface area contributed by atoms with Crippen LogP contribution in [0.25, 0.3) is 0 Å². The Morgan fingerprint density at radius 1 is 1.00 bits per heavy atom. The molecule has 2 rings (SSSR count). The number of carbonyl (C=O) groups excluding carboxylic acids is 1. The first-order valence-corrected chi connectivity index (χ1v) is 6.71. The normalized spacial score (nSPS) is 42.9. The van der Waals surface area contributed by atoms with Gasteiger partial charge in [0.25, 0.3) is 0 Å². The standard InChI is InChI=1S/C14H24O/c1-10-7-8-12(9-11(10)2)13-5-3-4-6-14(13)15/h10-13H,3-9H2,1-2H3. The molecule has 0 aromatic rings. The van der Waals surface area contributed by atoms with Crippen LogP contribution in [0.2, 0.25) is 0 Å². The van der Waals surface area contributed by atoms with Crippen molar-refractivity contribution >= 4 is 5.78 Å². The zero-order valence-corrected chi connectivity index (χ0v) is 10.2. The molecular weight excluding hydrogens is 184 g/mol. The lowest BCUT2D eigenvalue weighted by Gasteiger charge is -2.37. The minimum absolute atomic E-state index is 0.439. The summed E-state index contributed by atoms with van der Waals surface area (Å²) in [5, 5.41) is 0. The van der Waals surface area contributed by atoms with Crippen LogP contribution in [-0.4, -0.2) is 5.78 Å². The summed E-state index contributed by atoms with van der Waals surface area (Å²) in [4.78, 5) is 11.9. The predicted molar refractivity (Wildman–Crippen MR) is 62.6 cm³/mol. The lowest BCUT2D eigenvalue weighted by molar-refractivity contribution is -0.127. The summed E-state index contributed by atoms with van der Waals surface area (Å²) >= 11 is 0. The lowest BCUT2D eigenvalue weighted by Crippen LogP contribution is -2.32. The van der Waals surface area contributed by atoms with E-state index in [0.29, 0.717) is 11.7 Å². The number of rotatable bonds is 1. The maximum absolute atomic E-state index is 11.9. The molecule has 2 saturated carbocycles. The molecule has 0 spiro atoms. The number of Topliss-reactive ketones (excluding diaryl/α,β-unsaturated/α-hetero) is 1. The Hall–Kier alpha value is -0.330. The second-order valence-electron chi connectivity index (χ2n) is 5.85. The van der Waals surface area contributed by atoms with Crippen LogP contribution >= 0.6 is 0 Å². The molecule has 0 aromatic carbocycles. The van der Waals surface area contributed by atoms with E-state index in [1.54, 1.807) is 0 Å². The van der Waals surface area contributed by atoms with E-state index in [4.69, 9.17) is 0 Å². The fourth-order valence-corrected chi connectivity index (χ4v) is 3.46. The molecule has 15 heavy (non-hydrogen) atoms. The average Bonchev–Trinajstić information content (AvgIpc) is 2.23. The summed E-state index contributed by atoms with van der Waals surface area (Å²) in [6.07, 6.45) is 8.44. The summed E-state index contributed by atoms with van der Waals surface area (Å²) in [5.74, 6) is 3.45. The molecule has 1 heteroatoms. The highest BCUT2D eigenvalue weighted by atomic mass is 16.1. The third kappa shape index (κ3) is 2.43. The van der Waals surface area contributed by atoms with Crippen molar-refractivity contribution in [2.24, 2.45) is 23.7 Å². The summed E-state index contributed by atoms with van der Waals surface area (Å²) in [7, 11) is 0. The van der Waals surface area contributed by atoms with Crippen molar-refractivity contribution in [1.29, 1.82) is 0 Å². The van der Waals surface area contributed by atoms with Gasteiger partial charge < -0.3 is 0 Å². The van der Waals surface area contributed by atoms with Gasteiger partial charge in [0.15, 0.2) is 0 Å². The Morgan fingerprint density at radius 2 is 1.80 bits per heavy atom. The van der Waals surface area contributed by atoms with Gasteiger partial charge in [0, 0.05) is 12.3 Å². The van der Waals surface area contributed by atoms with Gasteiger partial charge in [-0.05, 0) is 43.4 Å². The molecule has 0 radical (unpaired) electrons. The lowest BCUT2D eigenvalue weighted by atomic mass is 9.67. The molecule has 2 aliphatic rings. The summed E-state index contributed by atoms with van der Waals surface area (Å²) in [5.41, 5.74) is 0. The first kappa shape index (κ1) is 11.2. The smallest absolute Gasteiger partial charge is 0.136 e. The molecule has 2 fully saturated rings. The molecule has 0 aliphatic heterocycles. The molecule has 0 aromatic heterocycles. The van der Waals surface area contributed by atoms with Gasteiger partial charge in [0.1, 0.15) is 5.78 Å².